The molecule has 0 aromatic heterocycles. The quantitative estimate of drug-likeness (QED) is 0.837. The van der Waals surface area contributed by atoms with Crippen LogP contribution >= 0.6 is 11.6 Å². The number of benzene rings is 1. The Labute approximate surface area is 122 Å². The molecule has 4 nitrogen and oxygen atoms in total. The van der Waals surface area contributed by atoms with Crippen LogP contribution in [-0.2, 0) is 14.8 Å². The van der Waals surface area contributed by atoms with Crippen LogP contribution < -0.4 is 4.72 Å². The highest BCUT2D eigenvalue weighted by molar-refractivity contribution is 7.89. The molecule has 20 heavy (non-hydrogen) atoms. The fraction of sp³-hybridized carbons (Fsp3) is 0.500. The minimum absolute atomic E-state index is 0.168. The Morgan fingerprint density at radius 2 is 2.00 bits per heavy atom. The van der Waals surface area contributed by atoms with Crippen molar-refractivity contribution in [2.24, 2.45) is 0 Å². The second kappa shape index (κ2) is 6.80. The number of ether oxygens (including phenoxy) is 1. The zero-order valence-corrected chi connectivity index (χ0v) is 12.6. The van der Waals surface area contributed by atoms with Crippen LogP contribution in [0, 0.1) is 0 Å². The van der Waals surface area contributed by atoms with Crippen LogP contribution in [-0.4, -0.2) is 33.7 Å². The standard InChI is InChI=1S/C12H16ClF2NO3S/c1-12(14,15)8-20(17,18)16-7-11(19-2)9-5-3-4-6-10(9)13/h3-6,11,16H,7-8H2,1-2H3. The van der Waals surface area contributed by atoms with Gasteiger partial charge in [-0.1, -0.05) is 29.8 Å². The maximum atomic E-state index is 12.7. The number of hydrogen-bond acceptors (Lipinski definition) is 3. The van der Waals surface area contributed by atoms with E-state index in [-0.39, 0.29) is 6.54 Å². The van der Waals surface area contributed by atoms with Gasteiger partial charge in [0.05, 0.1) is 6.10 Å². The molecule has 1 atom stereocenters. The normalized spacial score (nSPS) is 14.2. The summed E-state index contributed by atoms with van der Waals surface area (Å²) in [6, 6.07) is 6.76. The van der Waals surface area contributed by atoms with Crippen molar-refractivity contribution in [3.8, 4) is 0 Å². The summed E-state index contributed by atoms with van der Waals surface area (Å²) in [5.41, 5.74) is 0.586. The SMILES string of the molecule is COC(CNS(=O)(=O)CC(C)(F)F)c1ccccc1Cl. The molecule has 0 heterocycles. The first kappa shape index (κ1) is 17.3. The number of hydrogen-bond donors (Lipinski definition) is 1. The largest absolute Gasteiger partial charge is 0.375 e. The van der Waals surface area contributed by atoms with Gasteiger partial charge in [-0.05, 0) is 6.07 Å². The van der Waals surface area contributed by atoms with Crippen LogP contribution in [0.3, 0.4) is 0 Å². The highest BCUT2D eigenvalue weighted by Crippen LogP contribution is 2.24. The molecule has 0 aliphatic carbocycles. The summed E-state index contributed by atoms with van der Waals surface area (Å²) in [6.45, 7) is 0.382. The molecule has 114 valence electrons. The zero-order valence-electron chi connectivity index (χ0n) is 11.1. The van der Waals surface area contributed by atoms with E-state index in [1.54, 1.807) is 24.3 Å². The number of alkyl halides is 2. The van der Waals surface area contributed by atoms with Crippen LogP contribution in [0.25, 0.3) is 0 Å². The van der Waals surface area contributed by atoms with Gasteiger partial charge in [0.15, 0.2) is 0 Å². The highest BCUT2D eigenvalue weighted by Gasteiger charge is 2.30. The number of methoxy groups -OCH3 is 1. The van der Waals surface area contributed by atoms with E-state index in [0.717, 1.165) is 0 Å². The maximum Gasteiger partial charge on any atom is 0.260 e. The van der Waals surface area contributed by atoms with Gasteiger partial charge in [0.2, 0.25) is 10.0 Å². The Hall–Kier alpha value is -0.760. The Morgan fingerprint density at radius 1 is 1.40 bits per heavy atom. The Kier molecular flexibility index (Phi) is 5.88. The minimum Gasteiger partial charge on any atom is -0.375 e. The summed E-state index contributed by atoms with van der Waals surface area (Å²) in [4.78, 5) is 0. The van der Waals surface area contributed by atoms with Crippen molar-refractivity contribution in [3.05, 3.63) is 34.9 Å². The molecule has 0 aliphatic rings. The Bertz CT molecular complexity index is 546. The summed E-state index contributed by atoms with van der Waals surface area (Å²) in [5.74, 6) is -4.56. The van der Waals surface area contributed by atoms with E-state index in [4.69, 9.17) is 16.3 Å². The smallest absolute Gasteiger partial charge is 0.260 e. The molecule has 0 radical (unpaired) electrons. The lowest BCUT2D eigenvalue weighted by Gasteiger charge is -2.18. The first-order valence-corrected chi connectivity index (χ1v) is 7.80. The van der Waals surface area contributed by atoms with Crippen molar-refractivity contribution in [2.45, 2.75) is 19.0 Å². The number of rotatable bonds is 7. The lowest BCUT2D eigenvalue weighted by molar-refractivity contribution is 0.0468. The molecule has 8 heteroatoms. The predicted molar refractivity (Wildman–Crippen MR) is 73.6 cm³/mol. The van der Waals surface area contributed by atoms with Crippen molar-refractivity contribution >= 4 is 21.6 Å². The van der Waals surface area contributed by atoms with Crippen molar-refractivity contribution in [2.75, 3.05) is 19.4 Å². The fourth-order valence-corrected chi connectivity index (χ4v) is 3.08. The van der Waals surface area contributed by atoms with Gasteiger partial charge in [0, 0.05) is 31.2 Å². The molecule has 1 aromatic rings. The van der Waals surface area contributed by atoms with Gasteiger partial charge in [-0.25, -0.2) is 21.9 Å². The molecule has 0 amide bonds. The van der Waals surface area contributed by atoms with Crippen molar-refractivity contribution in [1.29, 1.82) is 0 Å². The molecule has 0 aliphatic heterocycles. The number of sulfonamides is 1. The summed E-state index contributed by atoms with van der Waals surface area (Å²) in [6.07, 6.45) is -0.649. The second-order valence-electron chi connectivity index (χ2n) is 4.42. The van der Waals surface area contributed by atoms with Crippen LogP contribution in [0.1, 0.15) is 18.6 Å². The van der Waals surface area contributed by atoms with Gasteiger partial charge in [0.1, 0.15) is 5.75 Å². The summed E-state index contributed by atoms with van der Waals surface area (Å²) < 4.78 is 55.7. The maximum absolute atomic E-state index is 12.7. The van der Waals surface area contributed by atoms with Crippen LogP contribution in [0.5, 0.6) is 0 Å². The summed E-state index contributed by atoms with van der Waals surface area (Å²) in [7, 11) is -2.70. The molecule has 1 unspecified atom stereocenters. The minimum atomic E-state index is -4.09. The van der Waals surface area contributed by atoms with Gasteiger partial charge in [0.25, 0.3) is 5.92 Å². The van der Waals surface area contributed by atoms with E-state index in [1.807, 2.05) is 0 Å². The molecule has 0 fully saturated rings. The van der Waals surface area contributed by atoms with Crippen molar-refractivity contribution in [1.82, 2.24) is 4.72 Å². The van der Waals surface area contributed by atoms with E-state index < -0.39 is 27.8 Å². The van der Waals surface area contributed by atoms with Gasteiger partial charge in [-0.3, -0.25) is 0 Å². The second-order valence-corrected chi connectivity index (χ2v) is 6.64. The van der Waals surface area contributed by atoms with Crippen LogP contribution in [0.4, 0.5) is 8.78 Å². The average molecular weight is 328 g/mol. The summed E-state index contributed by atoms with van der Waals surface area (Å²) >= 11 is 5.98. The van der Waals surface area contributed by atoms with E-state index in [9.17, 15) is 17.2 Å². The molecular weight excluding hydrogens is 312 g/mol. The highest BCUT2D eigenvalue weighted by atomic mass is 35.5. The van der Waals surface area contributed by atoms with E-state index >= 15 is 0 Å². The van der Waals surface area contributed by atoms with Crippen molar-refractivity contribution in [3.63, 3.8) is 0 Å². The lowest BCUT2D eigenvalue weighted by atomic mass is 10.1. The summed E-state index contributed by atoms with van der Waals surface area (Å²) in [5, 5.41) is 0.416. The molecule has 1 N–H and O–H groups in total. The third-order valence-electron chi connectivity index (χ3n) is 2.47. The van der Waals surface area contributed by atoms with Gasteiger partial charge in [-0.15, -0.1) is 0 Å². The average Bonchev–Trinajstić information content (AvgIpc) is 2.28. The Balaban J connectivity index is 2.74. The van der Waals surface area contributed by atoms with Crippen LogP contribution in [0.15, 0.2) is 24.3 Å². The van der Waals surface area contributed by atoms with E-state index in [1.165, 1.54) is 7.11 Å². The molecule has 0 saturated carbocycles. The Morgan fingerprint density at radius 3 is 2.50 bits per heavy atom. The first-order valence-electron chi connectivity index (χ1n) is 5.77. The monoisotopic (exact) mass is 327 g/mol. The third-order valence-corrected chi connectivity index (χ3v) is 4.31. The van der Waals surface area contributed by atoms with Crippen molar-refractivity contribution < 1.29 is 21.9 Å². The van der Waals surface area contributed by atoms with Gasteiger partial charge in [-0.2, -0.15) is 0 Å². The van der Waals surface area contributed by atoms with Gasteiger partial charge < -0.3 is 4.74 Å². The molecule has 1 aromatic carbocycles. The third kappa shape index (κ3) is 5.70. The van der Waals surface area contributed by atoms with E-state index in [2.05, 4.69) is 4.72 Å². The lowest BCUT2D eigenvalue weighted by Crippen LogP contribution is -2.36. The molecule has 0 spiro atoms. The molecule has 1 rings (SSSR count). The molecule has 0 saturated heterocycles. The first-order chi connectivity index (χ1) is 9.14. The topological polar surface area (TPSA) is 55.4 Å². The van der Waals surface area contributed by atoms with Crippen LogP contribution in [0.2, 0.25) is 5.02 Å². The fourth-order valence-electron chi connectivity index (χ4n) is 1.64. The molecular formula is C12H16ClF2NO3S. The zero-order chi connectivity index (χ0) is 15.4. The number of nitrogens with one attached hydrogen (secondary N) is 1. The number of halogens is 3. The van der Waals surface area contributed by atoms with E-state index in [0.29, 0.717) is 17.5 Å². The predicted octanol–water partition coefficient (Wildman–Crippen LogP) is 2.60. The van der Waals surface area contributed by atoms with Gasteiger partial charge >= 0.3 is 0 Å². The molecule has 0 bridgehead atoms.